The van der Waals surface area contributed by atoms with Crippen molar-refractivity contribution in [2.75, 3.05) is 0 Å². The van der Waals surface area contributed by atoms with Crippen molar-refractivity contribution >= 4 is 38.9 Å². The number of allylic oxidation sites excluding steroid dienone is 2. The SMILES string of the molecule is ClC1C=C(Cc2ccc(Br)s2)CCCC1. The molecule has 0 spiro atoms. The van der Waals surface area contributed by atoms with Crippen LogP contribution in [0.3, 0.4) is 0 Å². The maximum absolute atomic E-state index is 6.21. The van der Waals surface area contributed by atoms with Gasteiger partial charge in [-0.1, -0.05) is 18.1 Å². The van der Waals surface area contributed by atoms with Gasteiger partial charge < -0.3 is 0 Å². The maximum atomic E-state index is 6.21. The Labute approximate surface area is 108 Å². The molecule has 1 atom stereocenters. The maximum Gasteiger partial charge on any atom is 0.0701 e. The number of hydrogen-bond donors (Lipinski definition) is 0. The van der Waals surface area contributed by atoms with Crippen molar-refractivity contribution in [3.05, 3.63) is 32.4 Å². The summed E-state index contributed by atoms with van der Waals surface area (Å²) in [6.45, 7) is 0. The first-order valence-corrected chi connectivity index (χ1v) is 7.36. The quantitative estimate of drug-likeness (QED) is 0.523. The van der Waals surface area contributed by atoms with E-state index in [4.69, 9.17) is 11.6 Å². The van der Waals surface area contributed by atoms with Crippen LogP contribution in [0, 0.1) is 0 Å². The number of thiophene rings is 1. The van der Waals surface area contributed by atoms with Crippen LogP contribution in [0.4, 0.5) is 0 Å². The molecule has 2 rings (SSSR count). The molecule has 1 aliphatic rings. The molecule has 1 aromatic heterocycles. The largest absolute Gasteiger partial charge is 0.133 e. The average Bonchev–Trinajstić information content (AvgIpc) is 2.46. The summed E-state index contributed by atoms with van der Waals surface area (Å²) >= 11 is 11.5. The zero-order valence-corrected chi connectivity index (χ0v) is 11.7. The summed E-state index contributed by atoms with van der Waals surface area (Å²) in [6.07, 6.45) is 8.27. The predicted molar refractivity (Wildman–Crippen MR) is 71.9 cm³/mol. The van der Waals surface area contributed by atoms with E-state index in [2.05, 4.69) is 34.1 Å². The molecule has 0 saturated heterocycles. The molecule has 1 aromatic rings. The highest BCUT2D eigenvalue weighted by molar-refractivity contribution is 9.11. The molecular formula is C12H14BrClS. The topological polar surface area (TPSA) is 0 Å². The molecular weight excluding hydrogens is 292 g/mol. The van der Waals surface area contributed by atoms with Crippen molar-refractivity contribution in [3.63, 3.8) is 0 Å². The summed E-state index contributed by atoms with van der Waals surface area (Å²) in [5.41, 5.74) is 1.52. The molecule has 0 aliphatic heterocycles. The van der Waals surface area contributed by atoms with Crippen LogP contribution in [0.2, 0.25) is 0 Å². The summed E-state index contributed by atoms with van der Waals surface area (Å²) in [7, 11) is 0. The lowest BCUT2D eigenvalue weighted by Crippen LogP contribution is -1.93. The van der Waals surface area contributed by atoms with Gasteiger partial charge in [0.2, 0.25) is 0 Å². The van der Waals surface area contributed by atoms with Crippen LogP contribution >= 0.6 is 38.9 Å². The second kappa shape index (κ2) is 5.51. The van der Waals surface area contributed by atoms with Crippen molar-refractivity contribution < 1.29 is 0 Å². The Morgan fingerprint density at radius 2 is 2.27 bits per heavy atom. The summed E-state index contributed by atoms with van der Waals surface area (Å²) in [5, 5.41) is 0.255. The van der Waals surface area contributed by atoms with Crippen LogP contribution in [0.15, 0.2) is 27.6 Å². The fourth-order valence-electron chi connectivity index (χ4n) is 1.93. The van der Waals surface area contributed by atoms with Crippen LogP contribution in [0.25, 0.3) is 0 Å². The predicted octanol–water partition coefficient (Wildman–Crippen LogP) is 5.16. The van der Waals surface area contributed by atoms with Gasteiger partial charge in [-0.25, -0.2) is 0 Å². The van der Waals surface area contributed by atoms with Crippen LogP contribution in [-0.4, -0.2) is 5.38 Å². The molecule has 3 heteroatoms. The summed E-state index contributed by atoms with van der Waals surface area (Å²) in [6, 6.07) is 4.32. The molecule has 1 heterocycles. The minimum absolute atomic E-state index is 0.255. The zero-order valence-electron chi connectivity index (χ0n) is 8.51. The van der Waals surface area contributed by atoms with Crippen molar-refractivity contribution in [1.82, 2.24) is 0 Å². The third-order valence-corrected chi connectivity index (χ3v) is 4.64. The van der Waals surface area contributed by atoms with E-state index in [-0.39, 0.29) is 5.38 Å². The molecule has 0 radical (unpaired) electrons. The summed E-state index contributed by atoms with van der Waals surface area (Å²) in [4.78, 5) is 1.43. The molecule has 0 N–H and O–H groups in total. The smallest absolute Gasteiger partial charge is 0.0701 e. The van der Waals surface area contributed by atoms with Crippen LogP contribution in [0.5, 0.6) is 0 Å². The Kier molecular flexibility index (Phi) is 4.30. The van der Waals surface area contributed by atoms with E-state index in [9.17, 15) is 0 Å². The van der Waals surface area contributed by atoms with Gasteiger partial charge in [-0.3, -0.25) is 0 Å². The molecule has 0 bridgehead atoms. The molecule has 82 valence electrons. The molecule has 0 amide bonds. The summed E-state index contributed by atoms with van der Waals surface area (Å²) < 4.78 is 1.22. The Hall–Kier alpha value is 0.210. The highest BCUT2D eigenvalue weighted by atomic mass is 79.9. The van der Waals surface area contributed by atoms with Gasteiger partial charge in [0.1, 0.15) is 0 Å². The normalized spacial score (nSPS) is 22.3. The first kappa shape index (κ1) is 11.7. The molecule has 0 aromatic carbocycles. The van der Waals surface area contributed by atoms with Gasteiger partial charge in [-0.05, 0) is 47.3 Å². The Balaban J connectivity index is 2.04. The van der Waals surface area contributed by atoms with E-state index in [0.717, 1.165) is 12.8 Å². The second-order valence-corrected chi connectivity index (χ2v) is 7.08. The Morgan fingerprint density at radius 3 is 3.00 bits per heavy atom. The van der Waals surface area contributed by atoms with Crippen molar-refractivity contribution in [2.24, 2.45) is 0 Å². The molecule has 0 saturated carbocycles. The number of rotatable bonds is 2. The van der Waals surface area contributed by atoms with Gasteiger partial charge >= 0.3 is 0 Å². The molecule has 0 nitrogen and oxygen atoms in total. The standard InChI is InChI=1S/C12H14BrClS/c13-12-6-5-11(15-12)8-9-3-1-2-4-10(14)7-9/h5-7,10H,1-4,8H2. The minimum Gasteiger partial charge on any atom is -0.133 e. The van der Waals surface area contributed by atoms with Gasteiger partial charge in [-0.2, -0.15) is 0 Å². The summed E-state index contributed by atoms with van der Waals surface area (Å²) in [5.74, 6) is 0. The van der Waals surface area contributed by atoms with Gasteiger partial charge in [0, 0.05) is 11.3 Å². The van der Waals surface area contributed by atoms with E-state index in [1.165, 1.54) is 33.5 Å². The molecule has 0 fully saturated rings. The van der Waals surface area contributed by atoms with E-state index < -0.39 is 0 Å². The van der Waals surface area contributed by atoms with E-state index in [1.54, 1.807) is 0 Å². The first-order chi connectivity index (χ1) is 7.24. The van der Waals surface area contributed by atoms with Crippen LogP contribution < -0.4 is 0 Å². The number of alkyl halides is 1. The third-order valence-electron chi connectivity index (χ3n) is 2.67. The van der Waals surface area contributed by atoms with E-state index in [0.29, 0.717) is 0 Å². The minimum atomic E-state index is 0.255. The number of hydrogen-bond acceptors (Lipinski definition) is 1. The van der Waals surface area contributed by atoms with Crippen molar-refractivity contribution in [1.29, 1.82) is 0 Å². The van der Waals surface area contributed by atoms with Crippen LogP contribution in [0.1, 0.15) is 30.6 Å². The highest BCUT2D eigenvalue weighted by Crippen LogP contribution is 2.28. The van der Waals surface area contributed by atoms with Gasteiger partial charge in [0.05, 0.1) is 9.16 Å². The molecule has 1 aliphatic carbocycles. The Bertz CT molecular complexity index is 356. The zero-order chi connectivity index (χ0) is 10.7. The van der Waals surface area contributed by atoms with Gasteiger partial charge in [0.25, 0.3) is 0 Å². The third kappa shape index (κ3) is 3.61. The lowest BCUT2D eigenvalue weighted by atomic mass is 10.1. The van der Waals surface area contributed by atoms with Gasteiger partial charge in [0.15, 0.2) is 0 Å². The molecule has 15 heavy (non-hydrogen) atoms. The molecule has 1 unspecified atom stereocenters. The fraction of sp³-hybridized carbons (Fsp3) is 0.500. The van der Waals surface area contributed by atoms with Crippen molar-refractivity contribution in [3.8, 4) is 0 Å². The van der Waals surface area contributed by atoms with E-state index in [1.807, 2.05) is 11.3 Å². The van der Waals surface area contributed by atoms with E-state index >= 15 is 0 Å². The highest BCUT2D eigenvalue weighted by Gasteiger charge is 2.10. The Morgan fingerprint density at radius 1 is 1.40 bits per heavy atom. The lowest BCUT2D eigenvalue weighted by molar-refractivity contribution is 0.710. The first-order valence-electron chi connectivity index (χ1n) is 5.32. The number of halogens is 2. The van der Waals surface area contributed by atoms with Gasteiger partial charge in [-0.15, -0.1) is 22.9 Å². The second-order valence-electron chi connectivity index (χ2n) is 3.97. The monoisotopic (exact) mass is 304 g/mol. The average molecular weight is 306 g/mol. The van der Waals surface area contributed by atoms with Crippen molar-refractivity contribution in [2.45, 2.75) is 37.5 Å². The fourth-order valence-corrected chi connectivity index (χ4v) is 3.80. The lowest BCUT2D eigenvalue weighted by Gasteiger charge is -2.03. The van der Waals surface area contributed by atoms with Crippen LogP contribution in [-0.2, 0) is 6.42 Å².